The van der Waals surface area contributed by atoms with Crippen LogP contribution in [0.4, 0.5) is 0 Å². The van der Waals surface area contributed by atoms with Crippen LogP contribution in [-0.4, -0.2) is 65.3 Å². The molecule has 0 bridgehead atoms. The van der Waals surface area contributed by atoms with E-state index in [4.69, 9.17) is 4.74 Å². The quantitative estimate of drug-likeness (QED) is 0.229. The van der Waals surface area contributed by atoms with Crippen molar-refractivity contribution in [3.05, 3.63) is 108 Å². The molecule has 2 aliphatic rings. The van der Waals surface area contributed by atoms with Crippen molar-refractivity contribution in [3.63, 3.8) is 0 Å². The molecule has 1 atom stereocenters. The average Bonchev–Trinajstić information content (AvgIpc) is 3.05. The summed E-state index contributed by atoms with van der Waals surface area (Å²) in [4.78, 5) is 44.6. The lowest BCUT2D eigenvalue weighted by atomic mass is 9.81. The van der Waals surface area contributed by atoms with Gasteiger partial charge in [-0.1, -0.05) is 97.4 Å². The summed E-state index contributed by atoms with van der Waals surface area (Å²) in [5, 5.41) is 2.92. The molecule has 1 N–H and O–H groups in total. The van der Waals surface area contributed by atoms with E-state index in [1.807, 2.05) is 60.7 Å². The Morgan fingerprint density at radius 2 is 1.33 bits per heavy atom. The minimum absolute atomic E-state index is 0.137. The summed E-state index contributed by atoms with van der Waals surface area (Å²) >= 11 is 0. The molecule has 2 saturated heterocycles. The summed E-state index contributed by atoms with van der Waals surface area (Å²) in [5.74, 6) is -0.839. The van der Waals surface area contributed by atoms with Crippen molar-refractivity contribution >= 4 is 17.8 Å². The monoisotopic (exact) mass is 581 g/mol. The lowest BCUT2D eigenvalue weighted by Crippen LogP contribution is -2.73. The third kappa shape index (κ3) is 8.11. The summed E-state index contributed by atoms with van der Waals surface area (Å²) in [6.45, 7) is 3.11. The van der Waals surface area contributed by atoms with Crippen molar-refractivity contribution in [3.8, 4) is 0 Å². The minimum Gasteiger partial charge on any atom is -0.461 e. The minimum atomic E-state index is -0.917. The number of esters is 1. The lowest BCUT2D eigenvalue weighted by Gasteiger charge is -2.51. The molecule has 0 saturated carbocycles. The zero-order valence-corrected chi connectivity index (χ0v) is 25.0. The number of carbonyl (C=O) groups is 3. The van der Waals surface area contributed by atoms with Crippen LogP contribution in [0, 0.1) is 0 Å². The fourth-order valence-electron chi connectivity index (χ4n) is 6.32. The molecule has 3 aromatic carbocycles. The maximum absolute atomic E-state index is 13.9. The smallest absolute Gasteiger partial charge is 0.308 e. The van der Waals surface area contributed by atoms with Crippen LogP contribution in [0.1, 0.15) is 55.2 Å². The number of piperidine rings is 1. The molecule has 0 aliphatic carbocycles. The highest BCUT2D eigenvalue weighted by Gasteiger charge is 2.53. The van der Waals surface area contributed by atoms with Crippen LogP contribution in [0.15, 0.2) is 91.0 Å². The predicted octanol–water partition coefficient (Wildman–Crippen LogP) is 4.94. The van der Waals surface area contributed by atoms with E-state index in [1.165, 1.54) is 18.4 Å². The van der Waals surface area contributed by atoms with E-state index < -0.39 is 17.6 Å². The molecule has 2 aliphatic heterocycles. The first-order chi connectivity index (χ1) is 21.0. The number of amides is 2. The van der Waals surface area contributed by atoms with Crippen molar-refractivity contribution in [2.45, 2.75) is 69.6 Å². The number of rotatable bonds is 13. The summed E-state index contributed by atoms with van der Waals surface area (Å²) in [6.07, 6.45) is 6.22. The molecule has 0 radical (unpaired) electrons. The van der Waals surface area contributed by atoms with Crippen LogP contribution < -0.4 is 5.32 Å². The Morgan fingerprint density at radius 1 is 0.744 bits per heavy atom. The second-order valence-electron chi connectivity index (χ2n) is 11.8. The molecule has 0 aromatic heterocycles. The van der Waals surface area contributed by atoms with Gasteiger partial charge in [-0.25, -0.2) is 0 Å². The Hall–Kier alpha value is -3.97. The van der Waals surface area contributed by atoms with Crippen LogP contribution in [0.2, 0.25) is 0 Å². The van der Waals surface area contributed by atoms with Gasteiger partial charge in [0.05, 0.1) is 6.42 Å². The first kappa shape index (κ1) is 30.5. The van der Waals surface area contributed by atoms with E-state index in [1.54, 1.807) is 4.90 Å². The zero-order chi connectivity index (χ0) is 29.9. The molecule has 7 heteroatoms. The van der Waals surface area contributed by atoms with Crippen LogP contribution in [0.3, 0.4) is 0 Å². The van der Waals surface area contributed by atoms with Gasteiger partial charge in [-0.3, -0.25) is 14.4 Å². The largest absolute Gasteiger partial charge is 0.461 e. The summed E-state index contributed by atoms with van der Waals surface area (Å²) in [6, 6.07) is 29.1. The Balaban J connectivity index is 1.18. The van der Waals surface area contributed by atoms with Gasteiger partial charge in [0, 0.05) is 19.6 Å². The molecule has 1 unspecified atom stereocenters. The number of unbranched alkanes of at least 4 members (excludes halogenated alkanes) is 2. The van der Waals surface area contributed by atoms with E-state index >= 15 is 0 Å². The number of nitrogens with zero attached hydrogens (tertiary/aromatic N) is 2. The third-order valence-corrected chi connectivity index (χ3v) is 8.85. The number of aryl methyl sites for hydroxylation is 1. The molecule has 226 valence electrons. The molecule has 2 heterocycles. The van der Waals surface area contributed by atoms with Gasteiger partial charge in [-0.05, 0) is 61.8 Å². The molecule has 1 spiro atoms. The zero-order valence-electron chi connectivity index (χ0n) is 25.0. The van der Waals surface area contributed by atoms with Crippen molar-refractivity contribution < 1.29 is 19.1 Å². The number of piperazine rings is 1. The van der Waals surface area contributed by atoms with Gasteiger partial charge in [-0.15, -0.1) is 0 Å². The Morgan fingerprint density at radius 3 is 1.95 bits per heavy atom. The maximum atomic E-state index is 13.9. The van der Waals surface area contributed by atoms with Crippen molar-refractivity contribution in [2.24, 2.45) is 0 Å². The predicted molar refractivity (Wildman–Crippen MR) is 167 cm³/mol. The maximum Gasteiger partial charge on any atom is 0.308 e. The van der Waals surface area contributed by atoms with E-state index in [2.05, 4.69) is 40.5 Å². The molecule has 43 heavy (non-hydrogen) atoms. The van der Waals surface area contributed by atoms with Gasteiger partial charge < -0.3 is 19.9 Å². The summed E-state index contributed by atoms with van der Waals surface area (Å²) in [5.41, 5.74) is 2.48. The van der Waals surface area contributed by atoms with Crippen LogP contribution >= 0.6 is 0 Å². The molecule has 5 rings (SSSR count). The van der Waals surface area contributed by atoms with Crippen molar-refractivity contribution in [1.82, 2.24) is 15.1 Å². The molecule has 2 fully saturated rings. The highest BCUT2D eigenvalue weighted by Crippen LogP contribution is 2.34. The van der Waals surface area contributed by atoms with Gasteiger partial charge in [-0.2, -0.15) is 0 Å². The highest BCUT2D eigenvalue weighted by molar-refractivity contribution is 6.01. The van der Waals surface area contributed by atoms with Gasteiger partial charge in [0.25, 0.3) is 0 Å². The van der Waals surface area contributed by atoms with Crippen LogP contribution in [-0.2, 0) is 38.6 Å². The van der Waals surface area contributed by atoms with Crippen molar-refractivity contribution in [1.29, 1.82) is 0 Å². The first-order valence-electron chi connectivity index (χ1n) is 15.7. The van der Waals surface area contributed by atoms with Crippen LogP contribution in [0.5, 0.6) is 0 Å². The average molecular weight is 582 g/mol. The topological polar surface area (TPSA) is 79.0 Å². The SMILES string of the molecule is O=C(CC1NC(=O)C2(CCN(CCCCCc3ccccc3)CC2)N(CCc2ccccc2)C1=O)OCc1ccccc1. The number of nitrogens with one attached hydrogen (secondary N) is 1. The van der Waals surface area contributed by atoms with Gasteiger partial charge >= 0.3 is 5.97 Å². The fraction of sp³-hybridized carbons (Fsp3) is 0.417. The first-order valence-corrected chi connectivity index (χ1v) is 15.7. The van der Waals surface area contributed by atoms with Gasteiger partial charge in [0.15, 0.2) is 0 Å². The normalized spacial score (nSPS) is 18.4. The summed E-state index contributed by atoms with van der Waals surface area (Å²) in [7, 11) is 0. The molecular formula is C36H43N3O4. The second-order valence-corrected chi connectivity index (χ2v) is 11.8. The van der Waals surface area contributed by atoms with E-state index in [0.29, 0.717) is 25.8 Å². The number of carbonyl (C=O) groups excluding carboxylic acids is 3. The number of hydrogen-bond donors (Lipinski definition) is 1. The fourth-order valence-corrected chi connectivity index (χ4v) is 6.32. The Kier molecular flexibility index (Phi) is 10.6. The number of benzene rings is 3. The van der Waals surface area contributed by atoms with Crippen LogP contribution in [0.25, 0.3) is 0 Å². The van der Waals surface area contributed by atoms with E-state index in [-0.39, 0.29) is 24.8 Å². The Bertz CT molecular complexity index is 1320. The number of likely N-dealkylation sites (tertiary alicyclic amines) is 1. The number of hydrogen-bond acceptors (Lipinski definition) is 5. The molecular weight excluding hydrogens is 538 g/mol. The molecule has 3 aromatic rings. The lowest BCUT2D eigenvalue weighted by molar-refractivity contribution is -0.163. The van der Waals surface area contributed by atoms with Gasteiger partial charge in [0.2, 0.25) is 11.8 Å². The number of ether oxygens (including phenoxy) is 1. The Labute approximate surface area is 255 Å². The third-order valence-electron chi connectivity index (χ3n) is 8.85. The standard InChI is InChI=1S/C36H43N3O4/c40-33(43-28-31-18-9-3-10-19-31)27-32-34(41)39(24-20-30-16-7-2-8-17-30)36(35(42)37-32)21-25-38(26-22-36)23-12-4-11-15-29-13-5-1-6-14-29/h1-3,5-10,13-14,16-19,32H,4,11-12,15,20-28H2,(H,37,42). The molecule has 7 nitrogen and oxygen atoms in total. The van der Waals surface area contributed by atoms with E-state index in [9.17, 15) is 14.4 Å². The second kappa shape index (κ2) is 15.0. The molecule has 2 amide bonds. The van der Waals surface area contributed by atoms with Crippen molar-refractivity contribution in [2.75, 3.05) is 26.2 Å². The summed E-state index contributed by atoms with van der Waals surface area (Å²) < 4.78 is 5.44. The van der Waals surface area contributed by atoms with Gasteiger partial charge in [0.1, 0.15) is 18.2 Å². The van der Waals surface area contributed by atoms with E-state index in [0.717, 1.165) is 43.6 Å². The highest BCUT2D eigenvalue weighted by atomic mass is 16.5.